The van der Waals surface area contributed by atoms with Crippen molar-refractivity contribution in [1.29, 1.82) is 5.26 Å². The Morgan fingerprint density at radius 3 is 2.50 bits per heavy atom. The highest BCUT2D eigenvalue weighted by atomic mass is 32.2. The van der Waals surface area contributed by atoms with Gasteiger partial charge in [-0.25, -0.2) is 12.8 Å². The maximum Gasteiger partial charge on any atom is 0.271 e. The highest BCUT2D eigenvalue weighted by Gasteiger charge is 2.42. The Kier molecular flexibility index (Phi) is 4.72. The number of nitro benzene ring substituents is 1. The standard InChI is InChI=1S/C18H16FN3O5S/c1-18(2,11-20)17-10-21(28(25,26)14-6-3-12(19)4-7-14)15-9-13(22(23)24)5-8-16(15)27-17/h3-9,17H,10H2,1-2H3. The van der Waals surface area contributed by atoms with Gasteiger partial charge in [-0.3, -0.25) is 14.4 Å². The van der Waals surface area contributed by atoms with E-state index >= 15 is 0 Å². The van der Waals surface area contributed by atoms with Crippen molar-refractivity contribution < 1.29 is 22.5 Å². The monoisotopic (exact) mass is 405 g/mol. The molecule has 1 aliphatic rings. The number of nitrogens with zero attached hydrogens (tertiary/aromatic N) is 3. The van der Waals surface area contributed by atoms with Crippen molar-refractivity contribution in [2.24, 2.45) is 5.41 Å². The average molecular weight is 405 g/mol. The van der Waals surface area contributed by atoms with Gasteiger partial charge in [-0.05, 0) is 44.2 Å². The SMILES string of the molecule is CC(C)(C#N)C1CN(S(=O)(=O)c2ccc(F)cc2)c2cc([N+](=O)[O-])ccc2O1. The van der Waals surface area contributed by atoms with Crippen LogP contribution in [0.15, 0.2) is 47.4 Å². The molecule has 2 aromatic rings. The van der Waals surface area contributed by atoms with Crippen LogP contribution in [-0.4, -0.2) is 26.0 Å². The van der Waals surface area contributed by atoms with Crippen molar-refractivity contribution in [3.05, 3.63) is 58.4 Å². The number of hydrogen-bond donors (Lipinski definition) is 0. The largest absolute Gasteiger partial charge is 0.485 e. The summed E-state index contributed by atoms with van der Waals surface area (Å²) in [6.07, 6.45) is -0.818. The van der Waals surface area contributed by atoms with Crippen LogP contribution in [0.25, 0.3) is 0 Å². The third-order valence-electron chi connectivity index (χ3n) is 4.52. The minimum atomic E-state index is -4.18. The average Bonchev–Trinajstić information content (AvgIpc) is 2.66. The molecule has 1 atom stereocenters. The maximum atomic E-state index is 13.2. The third kappa shape index (κ3) is 3.36. The second-order valence-corrected chi connectivity index (χ2v) is 8.70. The Morgan fingerprint density at radius 1 is 1.29 bits per heavy atom. The van der Waals surface area contributed by atoms with Crippen LogP contribution in [0.3, 0.4) is 0 Å². The molecule has 2 aromatic carbocycles. The molecule has 3 rings (SSSR count). The van der Waals surface area contributed by atoms with Gasteiger partial charge in [0.15, 0.2) is 0 Å². The van der Waals surface area contributed by atoms with E-state index in [2.05, 4.69) is 6.07 Å². The summed E-state index contributed by atoms with van der Waals surface area (Å²) in [7, 11) is -4.18. The lowest BCUT2D eigenvalue weighted by atomic mass is 9.87. The number of sulfonamides is 1. The van der Waals surface area contributed by atoms with E-state index < -0.39 is 32.3 Å². The molecule has 1 heterocycles. The fourth-order valence-electron chi connectivity index (χ4n) is 2.76. The van der Waals surface area contributed by atoms with E-state index in [1.807, 2.05) is 0 Å². The Morgan fingerprint density at radius 2 is 1.93 bits per heavy atom. The van der Waals surface area contributed by atoms with Crippen LogP contribution in [0.5, 0.6) is 5.75 Å². The summed E-state index contributed by atoms with van der Waals surface area (Å²) < 4.78 is 46.4. The molecule has 0 amide bonds. The molecule has 0 N–H and O–H groups in total. The van der Waals surface area contributed by atoms with Crippen molar-refractivity contribution in [2.45, 2.75) is 24.8 Å². The molecular formula is C18H16FN3O5S. The Hall–Kier alpha value is -3.19. The zero-order chi connectivity index (χ0) is 20.7. The van der Waals surface area contributed by atoms with Gasteiger partial charge in [0.1, 0.15) is 23.4 Å². The molecule has 0 saturated heterocycles. The minimum Gasteiger partial charge on any atom is -0.485 e. The van der Waals surface area contributed by atoms with Crippen molar-refractivity contribution in [3.63, 3.8) is 0 Å². The number of anilines is 1. The number of non-ortho nitro benzene ring substituents is 1. The molecule has 0 fully saturated rings. The van der Waals surface area contributed by atoms with Gasteiger partial charge in [0.2, 0.25) is 0 Å². The van der Waals surface area contributed by atoms with Gasteiger partial charge in [0, 0.05) is 12.1 Å². The molecule has 0 aliphatic carbocycles. The molecule has 10 heteroatoms. The van der Waals surface area contributed by atoms with Crippen LogP contribution in [0.2, 0.25) is 0 Å². The van der Waals surface area contributed by atoms with E-state index in [0.717, 1.165) is 34.6 Å². The van der Waals surface area contributed by atoms with E-state index in [0.29, 0.717) is 0 Å². The number of fused-ring (bicyclic) bond motifs is 1. The molecule has 28 heavy (non-hydrogen) atoms. The van der Waals surface area contributed by atoms with Crippen molar-refractivity contribution in [2.75, 3.05) is 10.8 Å². The highest BCUT2D eigenvalue weighted by molar-refractivity contribution is 7.92. The molecule has 0 spiro atoms. The first-order valence-electron chi connectivity index (χ1n) is 8.21. The fraction of sp³-hybridized carbons (Fsp3) is 0.278. The predicted octanol–water partition coefficient (Wildman–Crippen LogP) is 3.24. The van der Waals surface area contributed by atoms with Crippen LogP contribution < -0.4 is 9.04 Å². The maximum absolute atomic E-state index is 13.2. The predicted molar refractivity (Wildman–Crippen MR) is 97.8 cm³/mol. The molecule has 0 radical (unpaired) electrons. The second kappa shape index (κ2) is 6.76. The van der Waals surface area contributed by atoms with Crippen molar-refractivity contribution in [3.8, 4) is 11.8 Å². The van der Waals surface area contributed by atoms with Gasteiger partial charge < -0.3 is 4.74 Å². The summed E-state index contributed by atoms with van der Waals surface area (Å²) in [5, 5.41) is 20.6. The van der Waals surface area contributed by atoms with Gasteiger partial charge in [-0.15, -0.1) is 0 Å². The molecule has 8 nitrogen and oxygen atoms in total. The van der Waals surface area contributed by atoms with E-state index in [1.54, 1.807) is 13.8 Å². The van der Waals surface area contributed by atoms with Gasteiger partial charge in [0.05, 0.1) is 27.8 Å². The summed E-state index contributed by atoms with van der Waals surface area (Å²) in [6.45, 7) is 2.99. The number of rotatable bonds is 4. The van der Waals surface area contributed by atoms with Gasteiger partial charge >= 0.3 is 0 Å². The molecule has 1 aliphatic heterocycles. The summed E-state index contributed by atoms with van der Waals surface area (Å²) in [4.78, 5) is 10.3. The number of halogens is 1. The smallest absolute Gasteiger partial charge is 0.271 e. The summed E-state index contributed by atoms with van der Waals surface area (Å²) in [5.41, 5.74) is -1.35. The van der Waals surface area contributed by atoms with Gasteiger partial charge in [-0.2, -0.15) is 5.26 Å². The molecule has 0 saturated carbocycles. The van der Waals surface area contributed by atoms with Crippen LogP contribution in [0.4, 0.5) is 15.8 Å². The van der Waals surface area contributed by atoms with Gasteiger partial charge in [0.25, 0.3) is 15.7 Å². The second-order valence-electron chi connectivity index (χ2n) is 6.84. The third-order valence-corrected chi connectivity index (χ3v) is 6.31. The normalized spacial score (nSPS) is 16.6. The van der Waals surface area contributed by atoms with Gasteiger partial charge in [-0.1, -0.05) is 0 Å². The Bertz CT molecular complexity index is 1080. The molecule has 0 aromatic heterocycles. The quantitative estimate of drug-likeness (QED) is 0.570. The minimum absolute atomic E-state index is 0.0106. The van der Waals surface area contributed by atoms with E-state index in [4.69, 9.17) is 4.74 Å². The lowest BCUT2D eigenvalue weighted by molar-refractivity contribution is -0.384. The summed E-state index contributed by atoms with van der Waals surface area (Å²) in [6, 6.07) is 9.94. The molecule has 0 bridgehead atoms. The van der Waals surface area contributed by atoms with Crippen molar-refractivity contribution >= 4 is 21.4 Å². The Balaban J connectivity index is 2.17. The lowest BCUT2D eigenvalue weighted by Crippen LogP contribution is -2.49. The van der Waals surface area contributed by atoms with Crippen LogP contribution in [-0.2, 0) is 10.0 Å². The van der Waals surface area contributed by atoms with E-state index in [1.165, 1.54) is 12.1 Å². The van der Waals surface area contributed by atoms with Crippen LogP contribution >= 0.6 is 0 Å². The first kappa shape index (κ1) is 19.6. The number of ether oxygens (including phenoxy) is 1. The van der Waals surface area contributed by atoms with E-state index in [9.17, 15) is 28.2 Å². The van der Waals surface area contributed by atoms with Crippen LogP contribution in [0, 0.1) is 32.7 Å². The lowest BCUT2D eigenvalue weighted by Gasteiger charge is -2.39. The number of nitriles is 1. The fourth-order valence-corrected chi connectivity index (χ4v) is 4.23. The molecular weight excluding hydrogens is 389 g/mol. The zero-order valence-corrected chi connectivity index (χ0v) is 15.8. The highest BCUT2D eigenvalue weighted by Crippen LogP contribution is 2.42. The zero-order valence-electron chi connectivity index (χ0n) is 15.0. The van der Waals surface area contributed by atoms with E-state index in [-0.39, 0.29) is 28.6 Å². The Labute approximate surface area is 161 Å². The summed E-state index contributed by atoms with van der Waals surface area (Å²) in [5.74, 6) is -0.490. The first-order chi connectivity index (χ1) is 13.1. The first-order valence-corrected chi connectivity index (χ1v) is 9.65. The number of hydrogen-bond acceptors (Lipinski definition) is 6. The van der Waals surface area contributed by atoms with Crippen molar-refractivity contribution in [1.82, 2.24) is 0 Å². The topological polar surface area (TPSA) is 114 Å². The molecule has 146 valence electrons. The number of nitro groups is 1. The number of benzene rings is 2. The summed E-state index contributed by atoms with van der Waals surface area (Å²) >= 11 is 0. The van der Waals surface area contributed by atoms with Crippen LogP contribution in [0.1, 0.15) is 13.8 Å². The molecule has 1 unspecified atom stereocenters.